The molecule has 2 nitrogen and oxygen atoms in total. The SMILES string of the molecule is CSN(Cc1ccccc1)OC(C)C. The molecule has 0 aliphatic rings. The molecule has 0 aromatic heterocycles. The van der Waals surface area contributed by atoms with E-state index in [1.807, 2.05) is 42.8 Å². The van der Waals surface area contributed by atoms with E-state index in [1.165, 1.54) is 5.56 Å². The maximum Gasteiger partial charge on any atom is 0.0748 e. The van der Waals surface area contributed by atoms with Crippen molar-refractivity contribution in [1.82, 2.24) is 4.47 Å². The van der Waals surface area contributed by atoms with Crippen molar-refractivity contribution in [2.75, 3.05) is 6.26 Å². The molecule has 0 aliphatic carbocycles. The largest absolute Gasteiger partial charge is 0.285 e. The molecular weight excluding hydrogens is 194 g/mol. The summed E-state index contributed by atoms with van der Waals surface area (Å²) in [5, 5.41) is 0. The first-order valence-electron chi connectivity index (χ1n) is 4.74. The molecule has 0 saturated heterocycles. The highest BCUT2D eigenvalue weighted by atomic mass is 32.2. The predicted octanol–water partition coefficient (Wildman–Crippen LogP) is 3.11. The Morgan fingerprint density at radius 2 is 1.93 bits per heavy atom. The molecule has 0 amide bonds. The molecule has 1 aromatic rings. The molecule has 3 heteroatoms. The lowest BCUT2D eigenvalue weighted by Crippen LogP contribution is -2.19. The summed E-state index contributed by atoms with van der Waals surface area (Å²) in [6.07, 6.45) is 2.25. The Morgan fingerprint density at radius 3 is 2.43 bits per heavy atom. The highest BCUT2D eigenvalue weighted by Gasteiger charge is 2.06. The Kier molecular flexibility index (Phi) is 5.01. The van der Waals surface area contributed by atoms with Crippen LogP contribution in [0.15, 0.2) is 30.3 Å². The second kappa shape index (κ2) is 6.06. The van der Waals surface area contributed by atoms with Crippen LogP contribution in [0, 0.1) is 0 Å². The van der Waals surface area contributed by atoms with Gasteiger partial charge in [-0.25, -0.2) is 0 Å². The van der Waals surface area contributed by atoms with Gasteiger partial charge < -0.3 is 0 Å². The van der Waals surface area contributed by atoms with Crippen LogP contribution < -0.4 is 0 Å². The Balaban J connectivity index is 2.48. The van der Waals surface area contributed by atoms with E-state index >= 15 is 0 Å². The normalized spacial score (nSPS) is 11.2. The summed E-state index contributed by atoms with van der Waals surface area (Å²) < 4.78 is 1.90. The molecule has 1 aromatic carbocycles. The first-order valence-corrected chi connectivity index (χ1v) is 5.93. The quantitative estimate of drug-likeness (QED) is 0.548. The summed E-state index contributed by atoms with van der Waals surface area (Å²) in [5.74, 6) is 0. The number of hydroxylamine groups is 1. The molecule has 0 heterocycles. The minimum atomic E-state index is 0.228. The van der Waals surface area contributed by atoms with E-state index < -0.39 is 0 Å². The van der Waals surface area contributed by atoms with Gasteiger partial charge in [0.25, 0.3) is 0 Å². The van der Waals surface area contributed by atoms with Crippen molar-refractivity contribution in [2.24, 2.45) is 0 Å². The van der Waals surface area contributed by atoms with Gasteiger partial charge in [0.1, 0.15) is 0 Å². The van der Waals surface area contributed by atoms with E-state index in [-0.39, 0.29) is 6.10 Å². The molecule has 0 atom stereocenters. The van der Waals surface area contributed by atoms with Crippen LogP contribution in [0.1, 0.15) is 19.4 Å². The van der Waals surface area contributed by atoms with Gasteiger partial charge in [0.05, 0.1) is 12.6 Å². The van der Waals surface area contributed by atoms with E-state index in [9.17, 15) is 0 Å². The van der Waals surface area contributed by atoms with Crippen LogP contribution in [-0.4, -0.2) is 16.8 Å². The van der Waals surface area contributed by atoms with Crippen molar-refractivity contribution in [3.8, 4) is 0 Å². The highest BCUT2D eigenvalue weighted by molar-refractivity contribution is 7.96. The Hall–Kier alpha value is -0.510. The van der Waals surface area contributed by atoms with E-state index in [4.69, 9.17) is 4.84 Å². The van der Waals surface area contributed by atoms with Crippen molar-refractivity contribution in [3.63, 3.8) is 0 Å². The molecule has 14 heavy (non-hydrogen) atoms. The van der Waals surface area contributed by atoms with Crippen LogP contribution in [0.25, 0.3) is 0 Å². The molecule has 0 saturated carbocycles. The van der Waals surface area contributed by atoms with Gasteiger partial charge in [-0.3, -0.25) is 4.84 Å². The molecule has 0 radical (unpaired) electrons. The molecule has 0 aliphatic heterocycles. The minimum absolute atomic E-state index is 0.228. The van der Waals surface area contributed by atoms with Gasteiger partial charge in [-0.15, -0.1) is 4.47 Å². The second-order valence-electron chi connectivity index (χ2n) is 3.31. The molecule has 0 bridgehead atoms. The zero-order valence-electron chi connectivity index (χ0n) is 8.93. The van der Waals surface area contributed by atoms with E-state index in [0.29, 0.717) is 0 Å². The third kappa shape index (κ3) is 4.13. The zero-order chi connectivity index (χ0) is 10.4. The molecule has 1 rings (SSSR count). The summed E-state index contributed by atoms with van der Waals surface area (Å²) in [7, 11) is 0. The van der Waals surface area contributed by atoms with Gasteiger partial charge in [0.15, 0.2) is 0 Å². The fourth-order valence-corrected chi connectivity index (χ4v) is 1.65. The summed E-state index contributed by atoms with van der Waals surface area (Å²) in [4.78, 5) is 5.60. The first kappa shape index (κ1) is 11.6. The number of benzene rings is 1. The topological polar surface area (TPSA) is 12.5 Å². The van der Waals surface area contributed by atoms with Gasteiger partial charge in [-0.1, -0.05) is 42.3 Å². The molecule has 0 fully saturated rings. The van der Waals surface area contributed by atoms with E-state index in [0.717, 1.165) is 6.54 Å². The van der Waals surface area contributed by atoms with Crippen molar-refractivity contribution in [2.45, 2.75) is 26.5 Å². The Morgan fingerprint density at radius 1 is 1.29 bits per heavy atom. The predicted molar refractivity (Wildman–Crippen MR) is 61.7 cm³/mol. The van der Waals surface area contributed by atoms with Crippen molar-refractivity contribution >= 4 is 11.9 Å². The molecule has 0 N–H and O–H groups in total. The monoisotopic (exact) mass is 211 g/mol. The summed E-state index contributed by atoms with van der Waals surface area (Å²) in [5.41, 5.74) is 1.27. The minimum Gasteiger partial charge on any atom is -0.285 e. The van der Waals surface area contributed by atoms with Gasteiger partial charge in [0.2, 0.25) is 0 Å². The third-order valence-electron chi connectivity index (χ3n) is 1.69. The lowest BCUT2D eigenvalue weighted by atomic mass is 10.2. The maximum absolute atomic E-state index is 5.60. The Bertz CT molecular complexity index is 251. The second-order valence-corrected chi connectivity index (χ2v) is 4.09. The zero-order valence-corrected chi connectivity index (χ0v) is 9.75. The summed E-state index contributed by atoms with van der Waals surface area (Å²) >= 11 is 1.60. The lowest BCUT2D eigenvalue weighted by molar-refractivity contribution is -0.116. The molecule has 0 unspecified atom stereocenters. The van der Waals surface area contributed by atoms with Crippen LogP contribution >= 0.6 is 11.9 Å². The molecular formula is C11H17NOS. The number of nitrogens with zero attached hydrogens (tertiary/aromatic N) is 1. The van der Waals surface area contributed by atoms with Gasteiger partial charge in [-0.2, -0.15) is 0 Å². The van der Waals surface area contributed by atoms with Crippen LogP contribution in [0.5, 0.6) is 0 Å². The average Bonchev–Trinajstić information content (AvgIpc) is 2.17. The maximum atomic E-state index is 5.60. The summed E-state index contributed by atoms with van der Waals surface area (Å²) in [6.45, 7) is 4.89. The fourth-order valence-electron chi connectivity index (χ4n) is 1.11. The number of hydrogen-bond donors (Lipinski definition) is 0. The Labute approximate surface area is 90.3 Å². The summed E-state index contributed by atoms with van der Waals surface area (Å²) in [6, 6.07) is 10.3. The number of rotatable bonds is 5. The van der Waals surface area contributed by atoms with E-state index in [2.05, 4.69) is 12.1 Å². The van der Waals surface area contributed by atoms with E-state index in [1.54, 1.807) is 11.9 Å². The fraction of sp³-hybridized carbons (Fsp3) is 0.455. The van der Waals surface area contributed by atoms with Crippen LogP contribution in [-0.2, 0) is 11.4 Å². The van der Waals surface area contributed by atoms with Crippen LogP contribution in [0.2, 0.25) is 0 Å². The van der Waals surface area contributed by atoms with Crippen LogP contribution in [0.4, 0.5) is 0 Å². The lowest BCUT2D eigenvalue weighted by Gasteiger charge is -2.20. The molecule has 78 valence electrons. The van der Waals surface area contributed by atoms with Gasteiger partial charge in [0, 0.05) is 0 Å². The first-order chi connectivity index (χ1) is 6.72. The van der Waals surface area contributed by atoms with Crippen molar-refractivity contribution < 1.29 is 4.84 Å². The number of hydrogen-bond acceptors (Lipinski definition) is 3. The molecule has 0 spiro atoms. The highest BCUT2D eigenvalue weighted by Crippen LogP contribution is 2.14. The smallest absolute Gasteiger partial charge is 0.0748 e. The van der Waals surface area contributed by atoms with Gasteiger partial charge >= 0.3 is 0 Å². The van der Waals surface area contributed by atoms with Crippen molar-refractivity contribution in [3.05, 3.63) is 35.9 Å². The van der Waals surface area contributed by atoms with Gasteiger partial charge in [-0.05, 0) is 25.7 Å². The van der Waals surface area contributed by atoms with Crippen molar-refractivity contribution in [1.29, 1.82) is 0 Å². The third-order valence-corrected chi connectivity index (χ3v) is 2.31. The average molecular weight is 211 g/mol. The standard InChI is InChI=1S/C11H17NOS/c1-10(2)13-12(14-3)9-11-7-5-4-6-8-11/h4-8,10H,9H2,1-3H3. The van der Waals surface area contributed by atoms with Crippen LogP contribution in [0.3, 0.4) is 0 Å².